The summed E-state index contributed by atoms with van der Waals surface area (Å²) in [6.45, 7) is 5.00. The summed E-state index contributed by atoms with van der Waals surface area (Å²) in [5, 5.41) is 0. The van der Waals surface area contributed by atoms with E-state index in [1.807, 2.05) is 36.4 Å². The molecule has 0 aliphatic carbocycles. The highest BCUT2D eigenvalue weighted by Crippen LogP contribution is 2.31. The largest absolute Gasteiger partial charge is 0.497 e. The van der Waals surface area contributed by atoms with Crippen molar-refractivity contribution in [3.05, 3.63) is 48.0 Å². The molecule has 1 saturated heterocycles. The van der Waals surface area contributed by atoms with Gasteiger partial charge in [0.15, 0.2) is 0 Å². The molecule has 2 aromatic carbocycles. The van der Waals surface area contributed by atoms with Gasteiger partial charge in [-0.3, -0.25) is 0 Å². The Hall–Kier alpha value is -2.36. The molecule has 24 heavy (non-hydrogen) atoms. The Morgan fingerprint density at radius 3 is 2.33 bits per heavy atom. The first-order valence-corrected chi connectivity index (χ1v) is 8.56. The molecule has 128 valence electrons. The molecule has 2 N–H and O–H groups in total. The van der Waals surface area contributed by atoms with Crippen LogP contribution in [0.2, 0.25) is 0 Å². The van der Waals surface area contributed by atoms with Gasteiger partial charge in [-0.1, -0.05) is 19.1 Å². The van der Waals surface area contributed by atoms with Crippen LogP contribution in [0.25, 0.3) is 0 Å². The highest BCUT2D eigenvalue weighted by molar-refractivity contribution is 5.69. The Morgan fingerprint density at radius 1 is 1.04 bits per heavy atom. The second kappa shape index (κ2) is 7.47. The van der Waals surface area contributed by atoms with E-state index in [0.29, 0.717) is 6.61 Å². The second-order valence-electron chi connectivity index (χ2n) is 6.53. The molecule has 1 aliphatic rings. The summed E-state index contributed by atoms with van der Waals surface area (Å²) >= 11 is 0. The first kappa shape index (κ1) is 16.5. The summed E-state index contributed by atoms with van der Waals surface area (Å²) in [4.78, 5) is 2.38. The fourth-order valence-corrected chi connectivity index (χ4v) is 3.05. The third-order valence-electron chi connectivity index (χ3n) is 4.69. The first-order chi connectivity index (χ1) is 11.7. The summed E-state index contributed by atoms with van der Waals surface area (Å²) in [6.07, 6.45) is 2.46. The van der Waals surface area contributed by atoms with Crippen LogP contribution in [0.5, 0.6) is 11.5 Å². The van der Waals surface area contributed by atoms with Crippen LogP contribution < -0.4 is 20.1 Å². The van der Waals surface area contributed by atoms with Crippen molar-refractivity contribution in [3.63, 3.8) is 0 Å². The quantitative estimate of drug-likeness (QED) is 0.841. The topological polar surface area (TPSA) is 47.7 Å². The molecular formula is C20H26N2O2. The average molecular weight is 326 g/mol. The van der Waals surface area contributed by atoms with Crippen LogP contribution in [0.15, 0.2) is 42.5 Å². The van der Waals surface area contributed by atoms with Gasteiger partial charge < -0.3 is 20.1 Å². The van der Waals surface area contributed by atoms with Gasteiger partial charge in [0.1, 0.15) is 18.1 Å². The molecule has 0 radical (unpaired) electrons. The van der Waals surface area contributed by atoms with Gasteiger partial charge in [0.25, 0.3) is 0 Å². The van der Waals surface area contributed by atoms with Gasteiger partial charge in [0, 0.05) is 19.2 Å². The number of hydrogen-bond acceptors (Lipinski definition) is 4. The fraction of sp³-hybridized carbons (Fsp3) is 0.400. The van der Waals surface area contributed by atoms with E-state index in [-0.39, 0.29) is 0 Å². The van der Waals surface area contributed by atoms with Crippen molar-refractivity contribution < 1.29 is 9.47 Å². The molecule has 0 unspecified atom stereocenters. The summed E-state index contributed by atoms with van der Waals surface area (Å²) < 4.78 is 11.0. The minimum atomic E-state index is 0.518. The summed E-state index contributed by atoms with van der Waals surface area (Å²) in [5.74, 6) is 2.47. The lowest BCUT2D eigenvalue weighted by Crippen LogP contribution is -2.33. The van der Waals surface area contributed by atoms with Crippen molar-refractivity contribution in [1.82, 2.24) is 0 Å². The molecule has 3 rings (SSSR count). The van der Waals surface area contributed by atoms with Crippen LogP contribution >= 0.6 is 0 Å². The highest BCUT2D eigenvalue weighted by Gasteiger charge is 2.17. The van der Waals surface area contributed by atoms with Crippen LogP contribution in [0.3, 0.4) is 0 Å². The normalized spacial score (nSPS) is 15.3. The summed E-state index contributed by atoms with van der Waals surface area (Å²) in [5.41, 5.74) is 9.27. The molecule has 4 heteroatoms. The maximum atomic E-state index is 6.26. The van der Waals surface area contributed by atoms with E-state index >= 15 is 0 Å². The third-order valence-corrected chi connectivity index (χ3v) is 4.69. The SMILES string of the molecule is COc1ccc(COc2ccc(N3CCC(C)CC3)c(N)c2)cc1. The molecular weight excluding hydrogens is 300 g/mol. The molecule has 0 bridgehead atoms. The van der Waals surface area contributed by atoms with Crippen molar-refractivity contribution in [3.8, 4) is 11.5 Å². The number of methoxy groups -OCH3 is 1. The number of rotatable bonds is 5. The van der Waals surface area contributed by atoms with Gasteiger partial charge in [-0.25, -0.2) is 0 Å². The number of ether oxygens (including phenoxy) is 2. The number of hydrogen-bond donors (Lipinski definition) is 1. The molecule has 0 spiro atoms. The zero-order chi connectivity index (χ0) is 16.9. The molecule has 1 fully saturated rings. The molecule has 0 atom stereocenters. The Balaban J connectivity index is 1.61. The third kappa shape index (κ3) is 3.94. The Morgan fingerprint density at radius 2 is 1.71 bits per heavy atom. The standard InChI is InChI=1S/C20H26N2O2/c1-15-9-11-22(12-10-15)20-8-7-18(13-19(20)21)24-14-16-3-5-17(23-2)6-4-16/h3-8,13,15H,9-12,14,21H2,1-2H3. The Labute approximate surface area is 144 Å². The van der Waals surface area contributed by atoms with Gasteiger partial charge in [-0.15, -0.1) is 0 Å². The van der Waals surface area contributed by atoms with Gasteiger partial charge in [-0.2, -0.15) is 0 Å². The van der Waals surface area contributed by atoms with Crippen molar-refractivity contribution >= 4 is 11.4 Å². The van der Waals surface area contributed by atoms with Crippen LogP contribution in [0.4, 0.5) is 11.4 Å². The zero-order valence-corrected chi connectivity index (χ0v) is 14.5. The number of nitrogens with two attached hydrogens (primary N) is 1. The maximum Gasteiger partial charge on any atom is 0.122 e. The Bertz CT molecular complexity index is 662. The second-order valence-corrected chi connectivity index (χ2v) is 6.53. The van der Waals surface area contributed by atoms with Crippen molar-refractivity contribution in [2.24, 2.45) is 5.92 Å². The van der Waals surface area contributed by atoms with E-state index in [1.54, 1.807) is 7.11 Å². The van der Waals surface area contributed by atoms with Crippen molar-refractivity contribution in [2.45, 2.75) is 26.4 Å². The summed E-state index contributed by atoms with van der Waals surface area (Å²) in [7, 11) is 1.67. The lowest BCUT2D eigenvalue weighted by molar-refractivity contribution is 0.306. The molecule has 1 aliphatic heterocycles. The van der Waals surface area contributed by atoms with E-state index in [4.69, 9.17) is 15.2 Å². The lowest BCUT2D eigenvalue weighted by Gasteiger charge is -2.33. The average Bonchev–Trinajstić information content (AvgIpc) is 2.61. The van der Waals surface area contributed by atoms with Gasteiger partial charge >= 0.3 is 0 Å². The minimum absolute atomic E-state index is 0.518. The molecule has 4 nitrogen and oxygen atoms in total. The van der Waals surface area contributed by atoms with Gasteiger partial charge in [0.2, 0.25) is 0 Å². The van der Waals surface area contributed by atoms with E-state index in [1.165, 1.54) is 12.8 Å². The van der Waals surface area contributed by atoms with Gasteiger partial charge in [-0.05, 0) is 48.6 Å². The van der Waals surface area contributed by atoms with Crippen LogP contribution in [0, 0.1) is 5.92 Å². The van der Waals surface area contributed by atoms with Crippen molar-refractivity contribution in [2.75, 3.05) is 30.8 Å². The predicted octanol–water partition coefficient (Wildman–Crippen LogP) is 4.09. The number of benzene rings is 2. The monoisotopic (exact) mass is 326 g/mol. The van der Waals surface area contributed by atoms with E-state index in [9.17, 15) is 0 Å². The fourth-order valence-electron chi connectivity index (χ4n) is 3.05. The number of piperidine rings is 1. The number of nitrogens with zero attached hydrogens (tertiary/aromatic N) is 1. The first-order valence-electron chi connectivity index (χ1n) is 8.56. The van der Waals surface area contributed by atoms with Crippen LogP contribution in [-0.2, 0) is 6.61 Å². The number of nitrogen functional groups attached to an aromatic ring is 1. The predicted molar refractivity (Wildman–Crippen MR) is 98.8 cm³/mol. The van der Waals surface area contributed by atoms with E-state index in [2.05, 4.69) is 17.9 Å². The maximum absolute atomic E-state index is 6.26. The summed E-state index contributed by atoms with van der Waals surface area (Å²) in [6, 6.07) is 13.9. The number of anilines is 2. The van der Waals surface area contributed by atoms with Crippen LogP contribution in [-0.4, -0.2) is 20.2 Å². The van der Waals surface area contributed by atoms with Crippen molar-refractivity contribution in [1.29, 1.82) is 0 Å². The van der Waals surface area contributed by atoms with Gasteiger partial charge in [0.05, 0.1) is 18.5 Å². The van der Waals surface area contributed by atoms with E-state index < -0.39 is 0 Å². The van der Waals surface area contributed by atoms with Crippen LogP contribution in [0.1, 0.15) is 25.3 Å². The highest BCUT2D eigenvalue weighted by atomic mass is 16.5. The smallest absolute Gasteiger partial charge is 0.122 e. The molecule has 0 amide bonds. The lowest BCUT2D eigenvalue weighted by atomic mass is 9.98. The minimum Gasteiger partial charge on any atom is -0.497 e. The molecule has 0 aromatic heterocycles. The molecule has 2 aromatic rings. The molecule has 1 heterocycles. The van der Waals surface area contributed by atoms with E-state index in [0.717, 1.165) is 47.4 Å². The zero-order valence-electron chi connectivity index (χ0n) is 14.5. The Kier molecular flexibility index (Phi) is 5.14. The molecule has 0 saturated carbocycles.